The number of anilines is 1. The number of pyridine rings is 1. The molecule has 0 aliphatic rings. The maximum atomic E-state index is 13.6. The smallest absolute Gasteiger partial charge is 0.254 e. The normalized spacial score (nSPS) is 10.3. The molecule has 0 unspecified atom stereocenters. The summed E-state index contributed by atoms with van der Waals surface area (Å²) in [7, 11) is 0. The Kier molecular flexibility index (Phi) is 6.47. The van der Waals surface area contributed by atoms with E-state index in [0.29, 0.717) is 23.3 Å². The molecule has 0 saturated heterocycles. The predicted molar refractivity (Wildman–Crippen MR) is 103 cm³/mol. The van der Waals surface area contributed by atoms with Crippen molar-refractivity contribution in [3.63, 3.8) is 0 Å². The van der Waals surface area contributed by atoms with Crippen molar-refractivity contribution in [2.45, 2.75) is 6.42 Å². The Morgan fingerprint density at radius 1 is 0.931 bits per heavy atom. The van der Waals surface area contributed by atoms with Crippen molar-refractivity contribution in [2.75, 3.05) is 11.9 Å². The molecule has 2 aromatic carbocycles. The van der Waals surface area contributed by atoms with Gasteiger partial charge in [0.1, 0.15) is 23.1 Å². The van der Waals surface area contributed by atoms with Crippen molar-refractivity contribution in [1.29, 1.82) is 0 Å². The van der Waals surface area contributed by atoms with Crippen LogP contribution in [0, 0.1) is 11.6 Å². The van der Waals surface area contributed by atoms with Crippen LogP contribution in [0.2, 0.25) is 0 Å². The van der Waals surface area contributed by atoms with Crippen LogP contribution in [0.4, 0.5) is 14.5 Å². The lowest BCUT2D eigenvalue weighted by atomic mass is 10.2. The molecular formula is C21H17F2N3O3. The lowest BCUT2D eigenvalue weighted by molar-refractivity contribution is -0.116. The van der Waals surface area contributed by atoms with Gasteiger partial charge in [-0.15, -0.1) is 0 Å². The van der Waals surface area contributed by atoms with Crippen LogP contribution in [-0.4, -0.2) is 23.3 Å². The third kappa shape index (κ3) is 5.83. The molecule has 8 heteroatoms. The first-order valence-electron chi connectivity index (χ1n) is 8.72. The fourth-order valence-corrected chi connectivity index (χ4v) is 2.43. The summed E-state index contributed by atoms with van der Waals surface area (Å²) in [6.07, 6.45) is 3.23. The summed E-state index contributed by atoms with van der Waals surface area (Å²) < 4.78 is 32.1. The number of hydrogen-bond acceptors (Lipinski definition) is 4. The second-order valence-corrected chi connectivity index (χ2v) is 5.99. The van der Waals surface area contributed by atoms with E-state index in [-0.39, 0.29) is 24.4 Å². The molecule has 0 fully saturated rings. The number of benzene rings is 2. The van der Waals surface area contributed by atoms with Gasteiger partial charge < -0.3 is 15.4 Å². The molecule has 0 atom stereocenters. The molecule has 3 aromatic rings. The fourth-order valence-electron chi connectivity index (χ4n) is 2.43. The van der Waals surface area contributed by atoms with Gasteiger partial charge >= 0.3 is 0 Å². The molecule has 29 heavy (non-hydrogen) atoms. The Morgan fingerprint density at radius 2 is 1.62 bits per heavy atom. The Hall–Kier alpha value is -3.81. The van der Waals surface area contributed by atoms with E-state index >= 15 is 0 Å². The van der Waals surface area contributed by atoms with Gasteiger partial charge in [0.05, 0.1) is 5.56 Å². The van der Waals surface area contributed by atoms with Crippen molar-refractivity contribution < 1.29 is 23.1 Å². The lowest BCUT2D eigenvalue weighted by Gasteiger charge is -2.09. The number of halogens is 2. The summed E-state index contributed by atoms with van der Waals surface area (Å²) in [5, 5.41) is 5.11. The molecular weight excluding hydrogens is 380 g/mol. The maximum absolute atomic E-state index is 13.6. The number of amides is 2. The van der Waals surface area contributed by atoms with Gasteiger partial charge in [0.15, 0.2) is 0 Å². The largest absolute Gasteiger partial charge is 0.457 e. The number of ether oxygens (including phenoxy) is 1. The molecule has 148 valence electrons. The van der Waals surface area contributed by atoms with Crippen LogP contribution >= 0.6 is 0 Å². The van der Waals surface area contributed by atoms with Crippen LogP contribution in [0.15, 0.2) is 67.0 Å². The van der Waals surface area contributed by atoms with Crippen LogP contribution in [-0.2, 0) is 4.79 Å². The number of carbonyl (C=O) groups is 2. The predicted octanol–water partition coefficient (Wildman–Crippen LogP) is 3.91. The SMILES string of the molecule is O=C(CCNC(=O)c1ccc(F)cc1F)Nc1ccc(Oc2ccncc2)cc1. The zero-order valence-corrected chi connectivity index (χ0v) is 15.2. The molecule has 0 aliphatic heterocycles. The first kappa shape index (κ1) is 19.9. The summed E-state index contributed by atoms with van der Waals surface area (Å²) in [6.45, 7) is 0.00468. The van der Waals surface area contributed by atoms with E-state index in [4.69, 9.17) is 4.74 Å². The van der Waals surface area contributed by atoms with E-state index in [2.05, 4.69) is 15.6 Å². The zero-order valence-electron chi connectivity index (χ0n) is 15.2. The van der Waals surface area contributed by atoms with E-state index in [1.807, 2.05) is 0 Å². The molecule has 1 heterocycles. The van der Waals surface area contributed by atoms with Gasteiger partial charge in [0.2, 0.25) is 5.91 Å². The lowest BCUT2D eigenvalue weighted by Crippen LogP contribution is -2.28. The van der Waals surface area contributed by atoms with Crippen LogP contribution in [0.25, 0.3) is 0 Å². The van der Waals surface area contributed by atoms with Gasteiger partial charge in [0.25, 0.3) is 5.91 Å². The number of rotatable bonds is 7. The summed E-state index contributed by atoms with van der Waals surface area (Å²) >= 11 is 0. The van der Waals surface area contributed by atoms with E-state index in [1.54, 1.807) is 48.8 Å². The van der Waals surface area contributed by atoms with Gasteiger partial charge in [-0.2, -0.15) is 0 Å². The van der Waals surface area contributed by atoms with Crippen LogP contribution < -0.4 is 15.4 Å². The minimum Gasteiger partial charge on any atom is -0.457 e. The monoisotopic (exact) mass is 397 g/mol. The van der Waals surface area contributed by atoms with Crippen molar-refractivity contribution >= 4 is 17.5 Å². The zero-order chi connectivity index (χ0) is 20.6. The van der Waals surface area contributed by atoms with Crippen molar-refractivity contribution in [3.8, 4) is 11.5 Å². The average molecular weight is 397 g/mol. The Bertz CT molecular complexity index is 996. The molecule has 0 saturated carbocycles. The first-order chi connectivity index (χ1) is 14.0. The topological polar surface area (TPSA) is 80.3 Å². The summed E-state index contributed by atoms with van der Waals surface area (Å²) in [6, 6.07) is 12.9. The van der Waals surface area contributed by atoms with Crippen molar-refractivity contribution in [1.82, 2.24) is 10.3 Å². The second kappa shape index (κ2) is 9.41. The highest BCUT2D eigenvalue weighted by atomic mass is 19.1. The number of nitrogens with one attached hydrogen (secondary N) is 2. The fraction of sp³-hybridized carbons (Fsp3) is 0.0952. The molecule has 0 bridgehead atoms. The van der Waals surface area contributed by atoms with E-state index in [1.165, 1.54) is 0 Å². The van der Waals surface area contributed by atoms with Gasteiger partial charge in [-0.25, -0.2) is 8.78 Å². The second-order valence-electron chi connectivity index (χ2n) is 5.99. The van der Waals surface area contributed by atoms with Gasteiger partial charge in [-0.05, 0) is 48.5 Å². The third-order valence-corrected chi connectivity index (χ3v) is 3.84. The molecule has 0 aliphatic carbocycles. The van der Waals surface area contributed by atoms with E-state index < -0.39 is 17.5 Å². The molecule has 2 amide bonds. The third-order valence-electron chi connectivity index (χ3n) is 3.84. The summed E-state index contributed by atoms with van der Waals surface area (Å²) in [4.78, 5) is 27.8. The number of carbonyl (C=O) groups excluding carboxylic acids is 2. The van der Waals surface area contributed by atoms with Gasteiger partial charge in [-0.3, -0.25) is 14.6 Å². The Balaban J connectivity index is 1.45. The summed E-state index contributed by atoms with van der Waals surface area (Å²) in [5.74, 6) is -1.52. The highest BCUT2D eigenvalue weighted by Gasteiger charge is 2.12. The number of aromatic nitrogens is 1. The molecule has 2 N–H and O–H groups in total. The molecule has 0 radical (unpaired) electrons. The Morgan fingerprint density at radius 3 is 2.31 bits per heavy atom. The number of nitrogens with zero attached hydrogens (tertiary/aromatic N) is 1. The van der Waals surface area contributed by atoms with Gasteiger partial charge in [0, 0.05) is 37.1 Å². The molecule has 0 spiro atoms. The number of hydrogen-bond donors (Lipinski definition) is 2. The van der Waals surface area contributed by atoms with Crippen molar-refractivity contribution in [3.05, 3.63) is 84.2 Å². The minimum atomic E-state index is -0.957. The van der Waals surface area contributed by atoms with Crippen molar-refractivity contribution in [2.24, 2.45) is 0 Å². The first-order valence-corrected chi connectivity index (χ1v) is 8.72. The quantitative estimate of drug-likeness (QED) is 0.634. The maximum Gasteiger partial charge on any atom is 0.254 e. The Labute approximate surface area is 165 Å². The van der Waals surface area contributed by atoms with Crippen LogP contribution in [0.1, 0.15) is 16.8 Å². The highest BCUT2D eigenvalue weighted by Crippen LogP contribution is 2.22. The minimum absolute atomic E-state index is 0.00468. The van der Waals surface area contributed by atoms with E-state index in [0.717, 1.165) is 12.1 Å². The highest BCUT2D eigenvalue weighted by molar-refractivity contribution is 5.95. The molecule has 3 rings (SSSR count). The van der Waals surface area contributed by atoms with Crippen LogP contribution in [0.3, 0.4) is 0 Å². The summed E-state index contributed by atoms with van der Waals surface area (Å²) in [5.41, 5.74) is 0.282. The molecule has 6 nitrogen and oxygen atoms in total. The standard InChI is InChI=1S/C21H17F2N3O3/c22-14-1-6-18(19(23)13-14)21(28)25-12-9-20(27)26-15-2-4-16(5-3-15)29-17-7-10-24-11-8-17/h1-8,10-11,13H,9,12H2,(H,25,28)(H,26,27). The molecule has 1 aromatic heterocycles. The van der Waals surface area contributed by atoms with Crippen LogP contribution in [0.5, 0.6) is 11.5 Å². The average Bonchev–Trinajstić information content (AvgIpc) is 2.70. The van der Waals surface area contributed by atoms with E-state index in [9.17, 15) is 18.4 Å². The van der Waals surface area contributed by atoms with Gasteiger partial charge in [-0.1, -0.05) is 0 Å².